The van der Waals surface area contributed by atoms with E-state index in [4.69, 9.17) is 8.92 Å². The fourth-order valence-corrected chi connectivity index (χ4v) is 4.39. The molecule has 0 fully saturated rings. The normalized spacial score (nSPS) is 13.7. The highest BCUT2D eigenvalue weighted by molar-refractivity contribution is 14.1. The lowest BCUT2D eigenvalue weighted by Crippen LogP contribution is -2.34. The zero-order valence-corrected chi connectivity index (χ0v) is 19.7. The standard InChI is InChI=1S/C21H25IO6S/c1-16-9-11-19(12-10-16)29(24,25)28-21(2,17-6-4-7-18(22)14-17)15-27-13-5-8-20(23)26-3/h4,6-7,9-12,14H,5,8,13,15H2,1-3H3. The summed E-state index contributed by atoms with van der Waals surface area (Å²) < 4.78 is 42.7. The fraction of sp³-hybridized carbons (Fsp3) is 0.381. The fourth-order valence-electron chi connectivity index (χ4n) is 2.66. The molecule has 29 heavy (non-hydrogen) atoms. The van der Waals surface area contributed by atoms with E-state index in [9.17, 15) is 13.2 Å². The Balaban J connectivity index is 2.20. The minimum atomic E-state index is -4.01. The number of carbonyl (C=O) groups is 1. The molecular weight excluding hydrogens is 507 g/mol. The minimum absolute atomic E-state index is 0.0133. The molecule has 1 unspecified atom stereocenters. The van der Waals surface area contributed by atoms with Crippen molar-refractivity contribution in [3.8, 4) is 0 Å². The van der Waals surface area contributed by atoms with Gasteiger partial charge in [-0.05, 0) is 72.7 Å². The highest BCUT2D eigenvalue weighted by Crippen LogP contribution is 2.31. The number of benzene rings is 2. The van der Waals surface area contributed by atoms with Crippen LogP contribution in [0.5, 0.6) is 0 Å². The highest BCUT2D eigenvalue weighted by Gasteiger charge is 2.35. The monoisotopic (exact) mass is 532 g/mol. The van der Waals surface area contributed by atoms with Crippen molar-refractivity contribution in [1.82, 2.24) is 0 Å². The summed E-state index contributed by atoms with van der Waals surface area (Å²) in [7, 11) is -2.68. The smallest absolute Gasteiger partial charge is 0.305 e. The Morgan fingerprint density at radius 1 is 1.14 bits per heavy atom. The van der Waals surface area contributed by atoms with Gasteiger partial charge in [0, 0.05) is 16.6 Å². The molecule has 0 saturated carbocycles. The maximum absolute atomic E-state index is 12.9. The molecule has 1 atom stereocenters. The van der Waals surface area contributed by atoms with E-state index in [1.54, 1.807) is 19.1 Å². The van der Waals surface area contributed by atoms with Gasteiger partial charge in [0.2, 0.25) is 0 Å². The van der Waals surface area contributed by atoms with Crippen LogP contribution >= 0.6 is 22.6 Å². The largest absolute Gasteiger partial charge is 0.469 e. The molecule has 8 heteroatoms. The van der Waals surface area contributed by atoms with Gasteiger partial charge in [0.15, 0.2) is 0 Å². The van der Waals surface area contributed by atoms with Crippen molar-refractivity contribution in [3.05, 3.63) is 63.2 Å². The number of hydrogen-bond acceptors (Lipinski definition) is 6. The van der Waals surface area contributed by atoms with Crippen LogP contribution in [0.2, 0.25) is 0 Å². The molecule has 0 amide bonds. The van der Waals surface area contributed by atoms with Crippen LogP contribution in [0.4, 0.5) is 0 Å². The molecule has 0 aromatic heterocycles. The lowest BCUT2D eigenvalue weighted by molar-refractivity contribution is -0.141. The molecule has 0 bridgehead atoms. The van der Waals surface area contributed by atoms with E-state index in [1.807, 2.05) is 31.2 Å². The third-order valence-corrected chi connectivity index (χ3v) is 6.42. The van der Waals surface area contributed by atoms with Gasteiger partial charge in [-0.15, -0.1) is 0 Å². The van der Waals surface area contributed by atoms with Gasteiger partial charge in [0.1, 0.15) is 5.60 Å². The summed E-state index contributed by atoms with van der Waals surface area (Å²) in [5, 5.41) is 0. The van der Waals surface area contributed by atoms with Crippen molar-refractivity contribution in [2.45, 2.75) is 37.2 Å². The Bertz CT molecular complexity index is 926. The lowest BCUT2D eigenvalue weighted by Gasteiger charge is -2.29. The van der Waals surface area contributed by atoms with Crippen LogP contribution in [0.3, 0.4) is 0 Å². The summed E-state index contributed by atoms with van der Waals surface area (Å²) in [5.41, 5.74) is 0.419. The van der Waals surface area contributed by atoms with Gasteiger partial charge in [-0.1, -0.05) is 29.8 Å². The zero-order valence-electron chi connectivity index (χ0n) is 16.7. The molecule has 0 aliphatic carbocycles. The molecule has 2 rings (SSSR count). The number of halogens is 1. The molecule has 0 saturated heterocycles. The second kappa shape index (κ2) is 10.5. The van der Waals surface area contributed by atoms with Crippen molar-refractivity contribution < 1.29 is 26.9 Å². The molecule has 0 heterocycles. The van der Waals surface area contributed by atoms with E-state index >= 15 is 0 Å². The van der Waals surface area contributed by atoms with E-state index in [1.165, 1.54) is 19.2 Å². The average Bonchev–Trinajstić information content (AvgIpc) is 2.67. The van der Waals surface area contributed by atoms with E-state index < -0.39 is 15.7 Å². The van der Waals surface area contributed by atoms with Gasteiger partial charge in [-0.2, -0.15) is 8.42 Å². The Labute approximate surface area is 185 Å². The maximum Gasteiger partial charge on any atom is 0.305 e. The van der Waals surface area contributed by atoms with Gasteiger partial charge in [0.25, 0.3) is 10.1 Å². The number of methoxy groups -OCH3 is 1. The average molecular weight is 532 g/mol. The Morgan fingerprint density at radius 3 is 2.45 bits per heavy atom. The van der Waals surface area contributed by atoms with E-state index in [0.29, 0.717) is 12.0 Å². The van der Waals surface area contributed by atoms with Crippen molar-refractivity contribution in [2.75, 3.05) is 20.3 Å². The van der Waals surface area contributed by atoms with Crippen molar-refractivity contribution in [3.63, 3.8) is 0 Å². The first-order valence-corrected chi connectivity index (χ1v) is 11.6. The summed E-state index contributed by atoms with van der Waals surface area (Å²) in [4.78, 5) is 11.3. The number of esters is 1. The first-order valence-electron chi connectivity index (χ1n) is 9.09. The predicted octanol–water partition coefficient (Wildman–Crippen LogP) is 4.19. The molecule has 158 valence electrons. The first kappa shape index (κ1) is 23.8. The van der Waals surface area contributed by atoms with E-state index in [2.05, 4.69) is 27.3 Å². The van der Waals surface area contributed by atoms with Gasteiger partial charge in [-0.25, -0.2) is 0 Å². The van der Waals surface area contributed by atoms with Crippen LogP contribution in [-0.2, 0) is 34.2 Å². The summed E-state index contributed by atoms with van der Waals surface area (Å²) in [6, 6.07) is 13.9. The molecular formula is C21H25IO6S. The minimum Gasteiger partial charge on any atom is -0.469 e. The maximum atomic E-state index is 12.9. The highest BCUT2D eigenvalue weighted by atomic mass is 127. The molecule has 0 aliphatic heterocycles. The Kier molecular flexibility index (Phi) is 8.62. The third kappa shape index (κ3) is 7.06. The predicted molar refractivity (Wildman–Crippen MR) is 118 cm³/mol. The van der Waals surface area contributed by atoms with Crippen LogP contribution in [0.25, 0.3) is 0 Å². The molecule has 0 aliphatic rings. The molecule has 2 aromatic carbocycles. The molecule has 6 nitrogen and oxygen atoms in total. The second-order valence-electron chi connectivity index (χ2n) is 6.82. The van der Waals surface area contributed by atoms with E-state index in [-0.39, 0.29) is 30.5 Å². The van der Waals surface area contributed by atoms with Crippen LogP contribution < -0.4 is 0 Å². The number of ether oxygens (including phenoxy) is 2. The van der Waals surface area contributed by atoms with Crippen LogP contribution in [0, 0.1) is 10.5 Å². The third-order valence-electron chi connectivity index (χ3n) is 4.31. The quantitative estimate of drug-likeness (QED) is 0.198. The van der Waals surface area contributed by atoms with Crippen molar-refractivity contribution in [2.24, 2.45) is 0 Å². The van der Waals surface area contributed by atoms with Gasteiger partial charge in [0.05, 0.1) is 18.6 Å². The second-order valence-corrected chi connectivity index (χ2v) is 9.62. The molecule has 0 radical (unpaired) electrons. The van der Waals surface area contributed by atoms with Crippen LogP contribution in [0.1, 0.15) is 30.9 Å². The lowest BCUT2D eigenvalue weighted by atomic mass is 9.97. The number of hydrogen-bond donors (Lipinski definition) is 0. The van der Waals surface area contributed by atoms with Gasteiger partial charge >= 0.3 is 5.97 Å². The Morgan fingerprint density at radius 2 is 1.83 bits per heavy atom. The summed E-state index contributed by atoms with van der Waals surface area (Å²) >= 11 is 2.16. The number of aryl methyl sites for hydroxylation is 1. The molecule has 0 spiro atoms. The molecule has 2 aromatic rings. The van der Waals surface area contributed by atoms with Gasteiger partial charge < -0.3 is 9.47 Å². The summed E-state index contributed by atoms with van der Waals surface area (Å²) in [6.07, 6.45) is 0.707. The van der Waals surface area contributed by atoms with Crippen LogP contribution in [0.15, 0.2) is 53.4 Å². The summed E-state index contributed by atoms with van der Waals surface area (Å²) in [6.45, 7) is 3.86. The van der Waals surface area contributed by atoms with Crippen LogP contribution in [-0.4, -0.2) is 34.7 Å². The number of carbonyl (C=O) groups excluding carboxylic acids is 1. The van der Waals surface area contributed by atoms with Crippen molar-refractivity contribution in [1.29, 1.82) is 0 Å². The molecule has 0 N–H and O–H groups in total. The zero-order chi connectivity index (χ0) is 21.5. The first-order chi connectivity index (χ1) is 13.7. The SMILES string of the molecule is COC(=O)CCCOCC(C)(OS(=O)(=O)c1ccc(C)cc1)c1cccc(I)c1. The van der Waals surface area contributed by atoms with Gasteiger partial charge in [-0.3, -0.25) is 8.98 Å². The topological polar surface area (TPSA) is 78.9 Å². The Hall–Kier alpha value is -1.49. The number of rotatable bonds is 10. The summed E-state index contributed by atoms with van der Waals surface area (Å²) in [5.74, 6) is -0.313. The van der Waals surface area contributed by atoms with E-state index in [0.717, 1.165) is 9.13 Å². The van der Waals surface area contributed by atoms with Crippen molar-refractivity contribution >= 4 is 38.7 Å².